The highest BCUT2D eigenvalue weighted by Gasteiger charge is 2.19. The molecule has 0 saturated heterocycles. The molecule has 1 atom stereocenters. The number of nitrogens with two attached hydrogens (primary N) is 1. The highest BCUT2D eigenvalue weighted by molar-refractivity contribution is 7.89. The standard InChI is InChI=1S/C15H27N3O2S/c1-6-13(4)18(5)8-7-17-21(19,20)15-11(2)9-14(16)10-12(15)3/h9-10,13,17H,6-8,16H2,1-5H3. The summed E-state index contributed by atoms with van der Waals surface area (Å²) in [6.45, 7) is 8.86. The van der Waals surface area contributed by atoms with Crippen molar-refractivity contribution in [2.75, 3.05) is 25.9 Å². The normalized spacial score (nSPS) is 13.6. The molecule has 0 aromatic heterocycles. The van der Waals surface area contributed by atoms with Gasteiger partial charge in [0.15, 0.2) is 0 Å². The van der Waals surface area contributed by atoms with Crippen LogP contribution in [0.5, 0.6) is 0 Å². The number of hydrogen-bond donors (Lipinski definition) is 2. The second kappa shape index (κ2) is 7.24. The molecule has 0 spiro atoms. The molecule has 0 amide bonds. The van der Waals surface area contributed by atoms with Gasteiger partial charge in [-0.05, 0) is 57.5 Å². The minimum absolute atomic E-state index is 0.336. The molecule has 3 N–H and O–H groups in total. The number of nitrogens with one attached hydrogen (secondary N) is 1. The maximum absolute atomic E-state index is 12.4. The number of hydrogen-bond acceptors (Lipinski definition) is 4. The lowest BCUT2D eigenvalue weighted by Crippen LogP contribution is -2.37. The molecule has 0 radical (unpaired) electrons. The molecule has 0 aliphatic rings. The summed E-state index contributed by atoms with van der Waals surface area (Å²) in [5.41, 5.74) is 7.67. The number of aryl methyl sites for hydroxylation is 2. The van der Waals surface area contributed by atoms with Crippen molar-refractivity contribution < 1.29 is 8.42 Å². The van der Waals surface area contributed by atoms with Crippen LogP contribution in [0.4, 0.5) is 5.69 Å². The second-order valence-electron chi connectivity index (χ2n) is 5.62. The van der Waals surface area contributed by atoms with Crippen molar-refractivity contribution >= 4 is 15.7 Å². The SMILES string of the molecule is CCC(C)N(C)CCNS(=O)(=O)c1c(C)cc(N)cc1C. The summed E-state index contributed by atoms with van der Waals surface area (Å²) in [5, 5.41) is 0. The molecule has 0 bridgehead atoms. The summed E-state index contributed by atoms with van der Waals surface area (Å²) in [5.74, 6) is 0. The van der Waals surface area contributed by atoms with E-state index in [1.165, 1.54) is 0 Å². The molecule has 1 aromatic rings. The highest BCUT2D eigenvalue weighted by atomic mass is 32.2. The Kier molecular flexibility index (Phi) is 6.19. The van der Waals surface area contributed by atoms with E-state index < -0.39 is 10.0 Å². The lowest BCUT2D eigenvalue weighted by atomic mass is 10.1. The van der Waals surface area contributed by atoms with Crippen LogP contribution >= 0.6 is 0 Å². The van der Waals surface area contributed by atoms with Gasteiger partial charge in [0.2, 0.25) is 10.0 Å². The van der Waals surface area contributed by atoms with Crippen molar-refractivity contribution in [3.63, 3.8) is 0 Å². The van der Waals surface area contributed by atoms with Crippen LogP contribution in [0.15, 0.2) is 17.0 Å². The van der Waals surface area contributed by atoms with E-state index in [4.69, 9.17) is 5.73 Å². The first-order valence-electron chi connectivity index (χ1n) is 7.25. The lowest BCUT2D eigenvalue weighted by Gasteiger charge is -2.23. The van der Waals surface area contributed by atoms with Crippen LogP contribution in [0.3, 0.4) is 0 Å². The van der Waals surface area contributed by atoms with E-state index in [1.807, 2.05) is 7.05 Å². The summed E-state index contributed by atoms with van der Waals surface area (Å²) < 4.78 is 27.5. The van der Waals surface area contributed by atoms with Crippen LogP contribution in [0.25, 0.3) is 0 Å². The largest absolute Gasteiger partial charge is 0.399 e. The zero-order valence-electron chi connectivity index (χ0n) is 13.6. The maximum Gasteiger partial charge on any atom is 0.241 e. The molecule has 120 valence electrons. The molecule has 0 saturated carbocycles. The summed E-state index contributed by atoms with van der Waals surface area (Å²) in [4.78, 5) is 2.48. The Balaban J connectivity index is 2.80. The van der Waals surface area contributed by atoms with Crippen molar-refractivity contribution in [1.82, 2.24) is 9.62 Å². The number of anilines is 1. The van der Waals surface area contributed by atoms with E-state index in [0.717, 1.165) is 6.42 Å². The first-order chi connectivity index (χ1) is 9.69. The van der Waals surface area contributed by atoms with E-state index in [1.54, 1.807) is 26.0 Å². The molecule has 5 nitrogen and oxygen atoms in total. The van der Waals surface area contributed by atoms with Crippen LogP contribution in [0.1, 0.15) is 31.4 Å². The summed E-state index contributed by atoms with van der Waals surface area (Å²) in [7, 11) is -1.50. The van der Waals surface area contributed by atoms with E-state index in [9.17, 15) is 8.42 Å². The van der Waals surface area contributed by atoms with Gasteiger partial charge in [-0.25, -0.2) is 13.1 Å². The van der Waals surface area contributed by atoms with Crippen molar-refractivity contribution in [2.45, 2.75) is 45.1 Å². The zero-order valence-corrected chi connectivity index (χ0v) is 14.4. The predicted octanol–water partition coefficient (Wildman–Crippen LogP) is 1.89. The molecule has 1 aromatic carbocycles. The quantitative estimate of drug-likeness (QED) is 0.754. The van der Waals surface area contributed by atoms with Gasteiger partial charge in [-0.3, -0.25) is 0 Å². The van der Waals surface area contributed by atoms with Gasteiger partial charge in [-0.2, -0.15) is 0 Å². The Labute approximate surface area is 128 Å². The number of likely N-dealkylation sites (N-methyl/N-ethyl adjacent to an activating group) is 1. The van der Waals surface area contributed by atoms with Gasteiger partial charge in [0.25, 0.3) is 0 Å². The van der Waals surface area contributed by atoms with Crippen molar-refractivity contribution in [3.8, 4) is 0 Å². The predicted molar refractivity (Wildman–Crippen MR) is 87.9 cm³/mol. The molecule has 1 unspecified atom stereocenters. The van der Waals surface area contributed by atoms with Crippen LogP contribution < -0.4 is 10.5 Å². The van der Waals surface area contributed by atoms with Crippen LogP contribution in [-0.2, 0) is 10.0 Å². The molecule has 0 heterocycles. The average molecular weight is 313 g/mol. The molecule has 0 aliphatic heterocycles. The van der Waals surface area contributed by atoms with Gasteiger partial charge >= 0.3 is 0 Å². The first kappa shape index (κ1) is 17.9. The Morgan fingerprint density at radius 2 is 1.81 bits per heavy atom. The van der Waals surface area contributed by atoms with E-state index >= 15 is 0 Å². The number of nitrogens with zero attached hydrogens (tertiary/aromatic N) is 1. The zero-order chi connectivity index (χ0) is 16.2. The lowest BCUT2D eigenvalue weighted by molar-refractivity contribution is 0.256. The summed E-state index contributed by atoms with van der Waals surface area (Å²) >= 11 is 0. The average Bonchev–Trinajstić information content (AvgIpc) is 2.35. The van der Waals surface area contributed by atoms with Crippen LogP contribution in [0, 0.1) is 13.8 Å². The minimum atomic E-state index is -3.50. The molecule has 21 heavy (non-hydrogen) atoms. The van der Waals surface area contributed by atoms with Gasteiger partial charge in [0, 0.05) is 24.8 Å². The van der Waals surface area contributed by atoms with Crippen molar-refractivity contribution in [3.05, 3.63) is 23.3 Å². The molecule has 0 fully saturated rings. The number of benzene rings is 1. The van der Waals surface area contributed by atoms with Crippen molar-refractivity contribution in [2.24, 2.45) is 0 Å². The molecule has 6 heteroatoms. The van der Waals surface area contributed by atoms with Gasteiger partial charge in [0.05, 0.1) is 4.90 Å². The third-order valence-corrected chi connectivity index (χ3v) is 5.62. The summed E-state index contributed by atoms with van der Waals surface area (Å²) in [6.07, 6.45) is 1.04. The maximum atomic E-state index is 12.4. The minimum Gasteiger partial charge on any atom is -0.399 e. The molecular weight excluding hydrogens is 286 g/mol. The number of sulfonamides is 1. The highest BCUT2D eigenvalue weighted by Crippen LogP contribution is 2.22. The number of rotatable bonds is 7. The Morgan fingerprint density at radius 1 is 1.29 bits per heavy atom. The van der Waals surface area contributed by atoms with Gasteiger partial charge in [-0.1, -0.05) is 6.92 Å². The van der Waals surface area contributed by atoms with Crippen molar-refractivity contribution in [1.29, 1.82) is 0 Å². The summed E-state index contributed by atoms with van der Waals surface area (Å²) in [6, 6.07) is 3.81. The fourth-order valence-corrected chi connectivity index (χ4v) is 3.84. The van der Waals surface area contributed by atoms with E-state index in [0.29, 0.717) is 40.8 Å². The fraction of sp³-hybridized carbons (Fsp3) is 0.600. The Morgan fingerprint density at radius 3 is 2.29 bits per heavy atom. The van der Waals surface area contributed by atoms with Crippen LogP contribution in [0.2, 0.25) is 0 Å². The van der Waals surface area contributed by atoms with Gasteiger partial charge < -0.3 is 10.6 Å². The molecular formula is C15H27N3O2S. The monoisotopic (exact) mass is 313 g/mol. The fourth-order valence-electron chi connectivity index (χ4n) is 2.37. The molecule has 1 rings (SSSR count). The van der Waals surface area contributed by atoms with Gasteiger partial charge in [-0.15, -0.1) is 0 Å². The van der Waals surface area contributed by atoms with E-state index in [-0.39, 0.29) is 0 Å². The second-order valence-corrected chi connectivity index (χ2v) is 7.32. The molecule has 0 aliphatic carbocycles. The van der Waals surface area contributed by atoms with Gasteiger partial charge in [0.1, 0.15) is 0 Å². The third kappa shape index (κ3) is 4.69. The van der Waals surface area contributed by atoms with E-state index in [2.05, 4.69) is 23.5 Å². The number of nitrogen functional groups attached to an aromatic ring is 1. The Hall–Kier alpha value is -1.11. The third-order valence-electron chi connectivity index (χ3n) is 3.85. The smallest absolute Gasteiger partial charge is 0.241 e. The first-order valence-corrected chi connectivity index (χ1v) is 8.74. The Bertz CT molecular complexity index is 562. The topological polar surface area (TPSA) is 75.4 Å². The van der Waals surface area contributed by atoms with Crippen LogP contribution in [-0.4, -0.2) is 39.5 Å².